The highest BCUT2D eigenvalue weighted by atomic mass is 32.2. The summed E-state index contributed by atoms with van der Waals surface area (Å²) in [7, 11) is -1.93. The van der Waals surface area contributed by atoms with Crippen LogP contribution in [0.1, 0.15) is 12.8 Å². The summed E-state index contributed by atoms with van der Waals surface area (Å²) in [6, 6.07) is 7.14. The Hall–Kier alpha value is -1.86. The van der Waals surface area contributed by atoms with E-state index in [0.29, 0.717) is 17.4 Å². The van der Waals surface area contributed by atoms with Crippen molar-refractivity contribution in [1.82, 2.24) is 9.55 Å². The van der Waals surface area contributed by atoms with Gasteiger partial charge in [-0.1, -0.05) is 0 Å². The highest BCUT2D eigenvalue weighted by Crippen LogP contribution is 2.34. The first-order valence-electron chi connectivity index (χ1n) is 7.21. The minimum absolute atomic E-state index is 0.0336. The lowest BCUT2D eigenvalue weighted by atomic mass is 10.3. The molecule has 2 aromatic rings. The number of pyridine rings is 1. The van der Waals surface area contributed by atoms with Crippen LogP contribution in [0.5, 0.6) is 0 Å². The molecule has 1 N–H and O–H groups in total. The maximum absolute atomic E-state index is 12.4. The van der Waals surface area contributed by atoms with Crippen molar-refractivity contribution in [3.8, 4) is 5.82 Å². The molecule has 0 aliphatic heterocycles. The topological polar surface area (TPSA) is 73.2 Å². The van der Waals surface area contributed by atoms with Gasteiger partial charge in [0.15, 0.2) is 5.82 Å². The summed E-state index contributed by atoms with van der Waals surface area (Å²) < 4.78 is 34.5. The van der Waals surface area contributed by atoms with Gasteiger partial charge in [-0.25, -0.2) is 13.4 Å². The van der Waals surface area contributed by atoms with Gasteiger partial charge in [0, 0.05) is 25.7 Å². The summed E-state index contributed by atoms with van der Waals surface area (Å²) in [5.41, 5.74) is 0.462. The van der Waals surface area contributed by atoms with Crippen molar-refractivity contribution < 1.29 is 13.2 Å². The zero-order chi connectivity index (χ0) is 15.6. The number of nitrogens with one attached hydrogen (secondary N) is 1. The second-order valence-electron chi connectivity index (χ2n) is 5.46. The Bertz CT molecular complexity index is 724. The average Bonchev–Trinajstić information content (AvgIpc) is 3.20. The minimum Gasteiger partial charge on any atom is -0.380 e. The van der Waals surface area contributed by atoms with Gasteiger partial charge < -0.3 is 9.30 Å². The number of ether oxygens (including phenoxy) is 1. The predicted molar refractivity (Wildman–Crippen MR) is 84.5 cm³/mol. The number of methoxy groups -OCH3 is 1. The fourth-order valence-electron chi connectivity index (χ4n) is 2.45. The van der Waals surface area contributed by atoms with E-state index in [2.05, 4.69) is 9.71 Å². The number of rotatable bonds is 7. The van der Waals surface area contributed by atoms with Gasteiger partial charge in [0.1, 0.15) is 0 Å². The van der Waals surface area contributed by atoms with Crippen LogP contribution in [-0.4, -0.2) is 36.9 Å². The Labute approximate surface area is 130 Å². The van der Waals surface area contributed by atoms with Crippen molar-refractivity contribution in [3.05, 3.63) is 42.9 Å². The standard InChI is InChI=1S/C15H19N3O3S/c1-21-14(12-6-7-12)11-22(19,20)17-13-5-4-8-16-15(13)18-9-2-3-10-18/h2-5,8-10,12,14,17H,6-7,11H2,1H3. The summed E-state index contributed by atoms with van der Waals surface area (Å²) in [6.45, 7) is 0. The van der Waals surface area contributed by atoms with Gasteiger partial charge in [-0.15, -0.1) is 0 Å². The molecule has 0 saturated heterocycles. The van der Waals surface area contributed by atoms with Crippen molar-refractivity contribution >= 4 is 15.7 Å². The van der Waals surface area contributed by atoms with Gasteiger partial charge in [0.2, 0.25) is 10.0 Å². The second kappa shape index (κ2) is 6.10. The second-order valence-corrected chi connectivity index (χ2v) is 7.23. The van der Waals surface area contributed by atoms with Crippen molar-refractivity contribution in [2.45, 2.75) is 18.9 Å². The van der Waals surface area contributed by atoms with E-state index in [1.807, 2.05) is 24.5 Å². The van der Waals surface area contributed by atoms with Crippen LogP contribution < -0.4 is 4.72 Å². The van der Waals surface area contributed by atoms with E-state index in [9.17, 15) is 8.42 Å². The van der Waals surface area contributed by atoms with E-state index < -0.39 is 10.0 Å². The smallest absolute Gasteiger partial charge is 0.235 e. The molecule has 1 aliphatic carbocycles. The molecule has 6 nitrogen and oxygen atoms in total. The zero-order valence-electron chi connectivity index (χ0n) is 12.3. The van der Waals surface area contributed by atoms with Crippen LogP contribution in [0.25, 0.3) is 5.82 Å². The lowest BCUT2D eigenvalue weighted by Gasteiger charge is -2.17. The normalized spacial score (nSPS) is 16.4. The summed E-state index contributed by atoms with van der Waals surface area (Å²) in [6.07, 6.45) is 7.11. The first-order chi connectivity index (χ1) is 10.6. The molecule has 0 aromatic carbocycles. The molecule has 0 bridgehead atoms. The Morgan fingerprint density at radius 3 is 2.73 bits per heavy atom. The van der Waals surface area contributed by atoms with Gasteiger partial charge in [-0.3, -0.25) is 4.72 Å². The average molecular weight is 321 g/mol. The summed E-state index contributed by atoms with van der Waals surface area (Å²) in [4.78, 5) is 4.26. The fraction of sp³-hybridized carbons (Fsp3) is 0.400. The van der Waals surface area contributed by atoms with Crippen LogP contribution in [0.2, 0.25) is 0 Å². The summed E-state index contributed by atoms with van der Waals surface area (Å²) in [5.74, 6) is 0.879. The van der Waals surface area contributed by atoms with E-state index in [-0.39, 0.29) is 11.9 Å². The van der Waals surface area contributed by atoms with Crippen molar-refractivity contribution in [2.75, 3.05) is 17.6 Å². The molecule has 7 heteroatoms. The number of anilines is 1. The SMILES string of the molecule is COC(CS(=O)(=O)Nc1cccnc1-n1cccc1)C1CC1. The minimum atomic E-state index is -3.49. The highest BCUT2D eigenvalue weighted by Gasteiger charge is 2.34. The number of hydrogen-bond acceptors (Lipinski definition) is 4. The lowest BCUT2D eigenvalue weighted by molar-refractivity contribution is 0.103. The Kier molecular flexibility index (Phi) is 4.17. The maximum Gasteiger partial charge on any atom is 0.235 e. The first kappa shape index (κ1) is 15.1. The fourth-order valence-corrected chi connectivity index (χ4v) is 3.87. The van der Waals surface area contributed by atoms with Crippen LogP contribution in [0, 0.1) is 5.92 Å². The molecular formula is C15H19N3O3S. The molecule has 22 heavy (non-hydrogen) atoms. The Balaban J connectivity index is 1.80. The van der Waals surface area contributed by atoms with Crippen molar-refractivity contribution in [2.24, 2.45) is 5.92 Å². The van der Waals surface area contributed by atoms with Gasteiger partial charge >= 0.3 is 0 Å². The molecule has 1 aliphatic rings. The third-order valence-electron chi connectivity index (χ3n) is 3.74. The van der Waals surface area contributed by atoms with Gasteiger partial charge in [0.05, 0.1) is 17.5 Å². The number of hydrogen-bond donors (Lipinski definition) is 1. The van der Waals surface area contributed by atoms with Crippen LogP contribution in [0.4, 0.5) is 5.69 Å². The summed E-state index contributed by atoms with van der Waals surface area (Å²) in [5, 5.41) is 0. The number of sulfonamides is 1. The van der Waals surface area contributed by atoms with E-state index in [1.54, 1.807) is 30.0 Å². The van der Waals surface area contributed by atoms with Crippen LogP contribution in [0.15, 0.2) is 42.9 Å². The van der Waals surface area contributed by atoms with Crippen LogP contribution in [0.3, 0.4) is 0 Å². The molecule has 2 heterocycles. The molecule has 118 valence electrons. The molecule has 1 saturated carbocycles. The Morgan fingerprint density at radius 2 is 2.09 bits per heavy atom. The van der Waals surface area contributed by atoms with Crippen LogP contribution in [-0.2, 0) is 14.8 Å². The third kappa shape index (κ3) is 3.48. The van der Waals surface area contributed by atoms with Gasteiger partial charge in [-0.05, 0) is 43.0 Å². The van der Waals surface area contributed by atoms with Crippen molar-refractivity contribution in [1.29, 1.82) is 0 Å². The van der Waals surface area contributed by atoms with Crippen molar-refractivity contribution in [3.63, 3.8) is 0 Å². The molecule has 0 radical (unpaired) electrons. The highest BCUT2D eigenvalue weighted by molar-refractivity contribution is 7.92. The molecule has 1 fully saturated rings. The summed E-state index contributed by atoms with van der Waals surface area (Å²) >= 11 is 0. The largest absolute Gasteiger partial charge is 0.380 e. The number of nitrogens with zero attached hydrogens (tertiary/aromatic N) is 2. The molecule has 3 rings (SSSR count). The molecular weight excluding hydrogens is 302 g/mol. The number of aromatic nitrogens is 2. The molecule has 1 atom stereocenters. The lowest BCUT2D eigenvalue weighted by Crippen LogP contribution is -2.29. The Morgan fingerprint density at radius 1 is 1.36 bits per heavy atom. The molecule has 0 spiro atoms. The van der Waals surface area contributed by atoms with Gasteiger partial charge in [-0.2, -0.15) is 0 Å². The van der Waals surface area contributed by atoms with E-state index in [1.165, 1.54) is 0 Å². The maximum atomic E-state index is 12.4. The van der Waals surface area contributed by atoms with E-state index in [0.717, 1.165) is 12.8 Å². The monoisotopic (exact) mass is 321 g/mol. The molecule has 0 amide bonds. The van der Waals surface area contributed by atoms with E-state index in [4.69, 9.17) is 4.74 Å². The molecule has 2 aromatic heterocycles. The van der Waals surface area contributed by atoms with Gasteiger partial charge in [0.25, 0.3) is 0 Å². The predicted octanol–water partition coefficient (Wildman–Crippen LogP) is 2.04. The molecule has 1 unspecified atom stereocenters. The third-order valence-corrected chi connectivity index (χ3v) is 5.03. The van der Waals surface area contributed by atoms with Crippen LogP contribution >= 0.6 is 0 Å². The quantitative estimate of drug-likeness (QED) is 0.847. The first-order valence-corrected chi connectivity index (χ1v) is 8.86. The van der Waals surface area contributed by atoms with E-state index >= 15 is 0 Å². The zero-order valence-corrected chi connectivity index (χ0v) is 13.2.